The van der Waals surface area contributed by atoms with Crippen molar-refractivity contribution in [1.82, 2.24) is 4.90 Å². The summed E-state index contributed by atoms with van der Waals surface area (Å²) in [7, 11) is 3.34. The molecule has 16 heavy (non-hydrogen) atoms. The Hall–Kier alpha value is 0.601. The van der Waals surface area contributed by atoms with Crippen molar-refractivity contribution in [2.24, 2.45) is 0 Å². The SMILES string of the molecule is CN(C)Cc1cc([B-](F)(F)F)ccc1F.[K+]. The van der Waals surface area contributed by atoms with Gasteiger partial charge in [0.05, 0.1) is 0 Å². The zero-order valence-electron chi connectivity index (χ0n) is 9.48. The van der Waals surface area contributed by atoms with Crippen LogP contribution >= 0.6 is 0 Å². The van der Waals surface area contributed by atoms with Gasteiger partial charge in [0.1, 0.15) is 5.82 Å². The molecule has 0 aromatic heterocycles. The van der Waals surface area contributed by atoms with E-state index >= 15 is 0 Å². The van der Waals surface area contributed by atoms with Crippen molar-refractivity contribution >= 4 is 12.4 Å². The topological polar surface area (TPSA) is 3.24 Å². The summed E-state index contributed by atoms with van der Waals surface area (Å²) in [4.78, 5) is 1.62. The predicted molar refractivity (Wildman–Crippen MR) is 52.5 cm³/mol. The maximum Gasteiger partial charge on any atom is 1.00 e. The van der Waals surface area contributed by atoms with Gasteiger partial charge in [0, 0.05) is 6.54 Å². The predicted octanol–water partition coefficient (Wildman–Crippen LogP) is -1.05. The van der Waals surface area contributed by atoms with Crippen LogP contribution in [0.1, 0.15) is 5.56 Å². The van der Waals surface area contributed by atoms with Gasteiger partial charge in [-0.1, -0.05) is 12.1 Å². The molecule has 0 fully saturated rings. The molecule has 0 saturated carbocycles. The average molecular weight is 259 g/mol. The summed E-state index contributed by atoms with van der Waals surface area (Å²) in [5, 5.41) is 0. The van der Waals surface area contributed by atoms with Crippen LogP contribution in [0.3, 0.4) is 0 Å². The third-order valence-electron chi connectivity index (χ3n) is 1.93. The molecule has 0 atom stereocenters. The number of halogens is 4. The van der Waals surface area contributed by atoms with E-state index in [2.05, 4.69) is 0 Å². The number of hydrogen-bond donors (Lipinski definition) is 0. The summed E-state index contributed by atoms with van der Waals surface area (Å²) in [5.41, 5.74) is -0.690. The molecule has 1 nitrogen and oxygen atoms in total. The Kier molecular flexibility index (Phi) is 6.76. The van der Waals surface area contributed by atoms with E-state index in [0.717, 1.165) is 18.2 Å². The number of nitrogens with zero attached hydrogens (tertiary/aromatic N) is 1. The van der Waals surface area contributed by atoms with Gasteiger partial charge in [-0.15, -0.1) is 5.46 Å². The van der Waals surface area contributed by atoms with Crippen LogP contribution in [0.25, 0.3) is 0 Å². The summed E-state index contributed by atoms with van der Waals surface area (Å²) in [5.74, 6) is -0.604. The first-order chi connectivity index (χ1) is 6.80. The van der Waals surface area contributed by atoms with Crippen molar-refractivity contribution in [3.8, 4) is 0 Å². The molecule has 0 amide bonds. The second-order valence-electron chi connectivity index (χ2n) is 3.66. The summed E-state index contributed by atoms with van der Waals surface area (Å²) >= 11 is 0. The number of rotatable bonds is 3. The van der Waals surface area contributed by atoms with Gasteiger partial charge in [-0.05, 0) is 25.7 Å². The molecule has 7 heteroatoms. The van der Waals surface area contributed by atoms with Crippen LogP contribution in [0, 0.1) is 5.82 Å². The van der Waals surface area contributed by atoms with Gasteiger partial charge in [0.2, 0.25) is 0 Å². The van der Waals surface area contributed by atoms with Gasteiger partial charge in [0.15, 0.2) is 0 Å². The van der Waals surface area contributed by atoms with Crippen LogP contribution in [-0.2, 0) is 6.54 Å². The van der Waals surface area contributed by atoms with Gasteiger partial charge in [-0.25, -0.2) is 4.39 Å². The van der Waals surface area contributed by atoms with Gasteiger partial charge in [-0.3, -0.25) is 0 Å². The Bertz CT molecular complexity index is 354. The van der Waals surface area contributed by atoms with E-state index < -0.39 is 18.3 Å². The van der Waals surface area contributed by atoms with Crippen LogP contribution < -0.4 is 56.8 Å². The molecule has 1 aromatic rings. The largest absolute Gasteiger partial charge is 1.00 e. The van der Waals surface area contributed by atoms with E-state index in [4.69, 9.17) is 0 Å². The molecule has 0 unspecified atom stereocenters. The fraction of sp³-hybridized carbons (Fsp3) is 0.333. The Balaban J connectivity index is 0.00000225. The van der Waals surface area contributed by atoms with Crippen molar-refractivity contribution < 1.29 is 68.7 Å². The van der Waals surface area contributed by atoms with Crippen LogP contribution in [0.5, 0.6) is 0 Å². The Morgan fingerprint density at radius 3 is 2.19 bits per heavy atom. The van der Waals surface area contributed by atoms with E-state index in [1.807, 2.05) is 0 Å². The molecule has 0 N–H and O–H groups in total. The second-order valence-corrected chi connectivity index (χ2v) is 3.66. The zero-order valence-corrected chi connectivity index (χ0v) is 12.6. The molecule has 0 bridgehead atoms. The van der Waals surface area contributed by atoms with Gasteiger partial charge in [0.25, 0.3) is 0 Å². The molecular weight excluding hydrogens is 248 g/mol. The molecule has 0 heterocycles. The minimum absolute atomic E-state index is 0. The first-order valence-electron chi connectivity index (χ1n) is 4.43. The van der Waals surface area contributed by atoms with Gasteiger partial charge >= 0.3 is 58.4 Å². The van der Waals surface area contributed by atoms with Gasteiger partial charge in [-0.2, -0.15) is 0 Å². The Morgan fingerprint density at radius 1 is 1.19 bits per heavy atom. The summed E-state index contributed by atoms with van der Waals surface area (Å²) < 4.78 is 50.2. The maximum atomic E-state index is 13.1. The second kappa shape index (κ2) is 6.51. The Morgan fingerprint density at radius 2 is 1.75 bits per heavy atom. The molecule has 0 radical (unpaired) electrons. The van der Waals surface area contributed by atoms with Crippen LogP contribution in [-0.4, -0.2) is 26.0 Å². The molecule has 0 aliphatic heterocycles. The first kappa shape index (κ1) is 16.6. The van der Waals surface area contributed by atoms with Crippen LogP contribution in [0.15, 0.2) is 18.2 Å². The summed E-state index contributed by atoms with van der Waals surface area (Å²) in [6.07, 6.45) is 0. The zero-order chi connectivity index (χ0) is 11.6. The summed E-state index contributed by atoms with van der Waals surface area (Å²) in [6.45, 7) is -4.89. The standard InChI is InChI=1S/C9H11BF4N.K/c1-15(2)6-7-5-8(10(12,13)14)3-4-9(7)11;/h3-5H,6H2,1-2H3;/q-1;+1. The van der Waals surface area contributed by atoms with Crippen molar-refractivity contribution in [3.63, 3.8) is 0 Å². The molecular formula is C9H11BF4KN. The Labute approximate surface area is 135 Å². The minimum Gasteiger partial charge on any atom is -0.445 e. The van der Waals surface area contributed by atoms with Crippen LogP contribution in [0.4, 0.5) is 17.3 Å². The van der Waals surface area contributed by atoms with E-state index in [9.17, 15) is 17.3 Å². The quantitative estimate of drug-likeness (QED) is 0.494. The molecule has 1 rings (SSSR count). The normalized spacial score (nSPS) is 11.4. The third-order valence-corrected chi connectivity index (χ3v) is 1.93. The summed E-state index contributed by atoms with van der Waals surface area (Å²) in [6, 6.07) is 2.51. The monoisotopic (exact) mass is 259 g/mol. The molecule has 0 spiro atoms. The van der Waals surface area contributed by atoms with Crippen molar-refractivity contribution in [2.45, 2.75) is 6.54 Å². The van der Waals surface area contributed by atoms with Crippen molar-refractivity contribution in [1.29, 1.82) is 0 Å². The molecule has 84 valence electrons. The van der Waals surface area contributed by atoms with Crippen LogP contribution in [0.2, 0.25) is 0 Å². The van der Waals surface area contributed by atoms with Crippen molar-refractivity contribution in [3.05, 3.63) is 29.6 Å². The molecule has 1 aromatic carbocycles. The smallest absolute Gasteiger partial charge is 0.445 e. The van der Waals surface area contributed by atoms with Gasteiger partial charge < -0.3 is 17.8 Å². The van der Waals surface area contributed by atoms with Crippen molar-refractivity contribution in [2.75, 3.05) is 14.1 Å². The van der Waals surface area contributed by atoms with E-state index in [-0.39, 0.29) is 63.5 Å². The fourth-order valence-electron chi connectivity index (χ4n) is 1.26. The molecule has 0 saturated heterocycles. The van der Waals surface area contributed by atoms with E-state index in [0.29, 0.717) is 0 Å². The number of benzene rings is 1. The number of hydrogen-bond acceptors (Lipinski definition) is 1. The maximum absolute atomic E-state index is 13.1. The molecule has 0 aliphatic carbocycles. The third kappa shape index (κ3) is 4.85. The minimum atomic E-state index is -5.05. The first-order valence-corrected chi connectivity index (χ1v) is 4.43. The average Bonchev–Trinajstić information content (AvgIpc) is 2.06. The fourth-order valence-corrected chi connectivity index (χ4v) is 1.26. The molecule has 0 aliphatic rings. The van der Waals surface area contributed by atoms with E-state index in [1.165, 1.54) is 0 Å². The van der Waals surface area contributed by atoms with E-state index in [1.54, 1.807) is 19.0 Å².